The van der Waals surface area contributed by atoms with Crippen LogP contribution in [0, 0.1) is 11.8 Å². The summed E-state index contributed by atoms with van der Waals surface area (Å²) in [7, 11) is 0. The molecule has 0 aliphatic carbocycles. The molecule has 0 spiro atoms. The lowest BCUT2D eigenvalue weighted by atomic mass is 9.97. The summed E-state index contributed by atoms with van der Waals surface area (Å²) < 4.78 is 0. The van der Waals surface area contributed by atoms with E-state index in [1.807, 2.05) is 75.4 Å². The van der Waals surface area contributed by atoms with Crippen LogP contribution in [0.2, 0.25) is 0 Å². The van der Waals surface area contributed by atoms with Crippen LogP contribution in [0.25, 0.3) is 10.9 Å². The second kappa shape index (κ2) is 15.2. The fourth-order valence-electron chi connectivity index (χ4n) is 4.89. The number of aromatic amines is 1. The van der Waals surface area contributed by atoms with E-state index >= 15 is 0 Å². The van der Waals surface area contributed by atoms with Gasteiger partial charge in [-0.1, -0.05) is 82.6 Å². The minimum Gasteiger partial charge on any atom is -0.480 e. The van der Waals surface area contributed by atoms with E-state index < -0.39 is 47.9 Å². The molecule has 5 unspecified atom stereocenters. The first-order chi connectivity index (χ1) is 20.0. The maximum atomic E-state index is 13.8. The van der Waals surface area contributed by atoms with Crippen molar-refractivity contribution in [3.63, 3.8) is 0 Å². The number of para-hydroxylation sites is 1. The standard InChI is InChI=1S/C32H43N5O5/c1-5-20(4)28(32(41)42)37-31(40)27(17-22-18-34-25-14-10-9-13-23(22)25)36-30(39)26(16-21-11-7-6-8-12-21)35-29(38)24(33)15-19(2)3/h6-14,18-20,24,26-28,34H,5,15-17,33H2,1-4H3,(H,35,38)(H,36,39)(H,37,40)(H,41,42). The third kappa shape index (κ3) is 8.91. The molecule has 10 heteroatoms. The number of amides is 3. The van der Waals surface area contributed by atoms with Crippen LogP contribution in [0.5, 0.6) is 0 Å². The van der Waals surface area contributed by atoms with Crippen LogP contribution < -0.4 is 21.7 Å². The number of benzene rings is 2. The lowest BCUT2D eigenvalue weighted by Crippen LogP contribution is -2.58. The highest BCUT2D eigenvalue weighted by atomic mass is 16.4. The highest BCUT2D eigenvalue weighted by molar-refractivity contribution is 5.95. The Labute approximate surface area is 246 Å². The number of aromatic nitrogens is 1. The first-order valence-corrected chi connectivity index (χ1v) is 14.5. The molecule has 42 heavy (non-hydrogen) atoms. The molecule has 226 valence electrons. The average molecular weight is 578 g/mol. The van der Waals surface area contributed by atoms with Crippen molar-refractivity contribution in [1.29, 1.82) is 0 Å². The smallest absolute Gasteiger partial charge is 0.326 e. The predicted molar refractivity (Wildman–Crippen MR) is 162 cm³/mol. The summed E-state index contributed by atoms with van der Waals surface area (Å²) in [4.78, 5) is 55.5. The largest absolute Gasteiger partial charge is 0.480 e. The minimum atomic E-state index is -1.15. The number of carboxylic acid groups (broad SMARTS) is 1. The number of hydrogen-bond acceptors (Lipinski definition) is 5. The summed E-state index contributed by atoms with van der Waals surface area (Å²) in [5.41, 5.74) is 8.58. The lowest BCUT2D eigenvalue weighted by Gasteiger charge is -2.27. The molecule has 7 N–H and O–H groups in total. The maximum absolute atomic E-state index is 13.8. The number of nitrogens with one attached hydrogen (secondary N) is 4. The van der Waals surface area contributed by atoms with Crippen LogP contribution in [-0.4, -0.2) is 57.9 Å². The van der Waals surface area contributed by atoms with Crippen molar-refractivity contribution in [2.75, 3.05) is 0 Å². The Morgan fingerprint density at radius 2 is 1.43 bits per heavy atom. The molecular weight excluding hydrogens is 534 g/mol. The number of fused-ring (bicyclic) bond motifs is 1. The number of nitrogens with two attached hydrogens (primary N) is 1. The molecular formula is C32H43N5O5. The van der Waals surface area contributed by atoms with Crippen LogP contribution in [0.3, 0.4) is 0 Å². The number of hydrogen-bond donors (Lipinski definition) is 6. The quantitative estimate of drug-likeness (QED) is 0.162. The zero-order valence-electron chi connectivity index (χ0n) is 24.7. The summed E-state index contributed by atoms with van der Waals surface area (Å²) in [6.45, 7) is 7.51. The second-order valence-electron chi connectivity index (χ2n) is 11.3. The number of H-pyrrole nitrogens is 1. The molecule has 0 fully saturated rings. The Balaban J connectivity index is 1.91. The van der Waals surface area contributed by atoms with Gasteiger partial charge in [-0.2, -0.15) is 0 Å². The molecule has 1 aromatic heterocycles. The number of aliphatic carboxylic acids is 1. The normalized spacial score (nSPS) is 14.9. The second-order valence-corrected chi connectivity index (χ2v) is 11.3. The molecule has 10 nitrogen and oxygen atoms in total. The Bertz CT molecular complexity index is 1360. The van der Waals surface area contributed by atoms with E-state index in [0.29, 0.717) is 12.8 Å². The van der Waals surface area contributed by atoms with Crippen LogP contribution in [-0.2, 0) is 32.0 Å². The van der Waals surface area contributed by atoms with Gasteiger partial charge in [-0.15, -0.1) is 0 Å². The van der Waals surface area contributed by atoms with Gasteiger partial charge in [0, 0.05) is 29.9 Å². The number of rotatable bonds is 15. The van der Waals surface area contributed by atoms with E-state index in [1.54, 1.807) is 13.1 Å². The monoisotopic (exact) mass is 577 g/mol. The summed E-state index contributed by atoms with van der Waals surface area (Å²) >= 11 is 0. The van der Waals surface area contributed by atoms with Gasteiger partial charge >= 0.3 is 5.97 Å². The molecule has 0 radical (unpaired) electrons. The van der Waals surface area contributed by atoms with Crippen LogP contribution in [0.4, 0.5) is 0 Å². The molecule has 3 aromatic rings. The fourth-order valence-corrected chi connectivity index (χ4v) is 4.89. The first kappa shape index (κ1) is 32.3. The Morgan fingerprint density at radius 1 is 0.833 bits per heavy atom. The average Bonchev–Trinajstić information content (AvgIpc) is 3.37. The van der Waals surface area contributed by atoms with Gasteiger partial charge in [0.05, 0.1) is 6.04 Å². The van der Waals surface area contributed by atoms with Crippen LogP contribution in [0.1, 0.15) is 51.7 Å². The zero-order valence-corrected chi connectivity index (χ0v) is 24.7. The van der Waals surface area contributed by atoms with Crippen LogP contribution in [0.15, 0.2) is 60.8 Å². The zero-order chi connectivity index (χ0) is 30.8. The van der Waals surface area contributed by atoms with E-state index in [-0.39, 0.29) is 24.7 Å². The highest BCUT2D eigenvalue weighted by Crippen LogP contribution is 2.20. The predicted octanol–water partition coefficient (Wildman–Crippen LogP) is 2.91. The van der Waals surface area contributed by atoms with E-state index in [0.717, 1.165) is 22.0 Å². The lowest BCUT2D eigenvalue weighted by molar-refractivity contribution is -0.143. The SMILES string of the molecule is CCC(C)C(NC(=O)C(Cc1c[nH]c2ccccc12)NC(=O)C(Cc1ccccc1)NC(=O)C(N)CC(C)C)C(=O)O. The van der Waals surface area contributed by atoms with Crippen molar-refractivity contribution in [2.24, 2.45) is 17.6 Å². The number of carbonyl (C=O) groups is 4. The van der Waals surface area contributed by atoms with Gasteiger partial charge < -0.3 is 31.8 Å². The van der Waals surface area contributed by atoms with Gasteiger partial charge in [-0.05, 0) is 35.4 Å². The molecule has 0 saturated carbocycles. The molecule has 1 heterocycles. The summed E-state index contributed by atoms with van der Waals surface area (Å²) in [6.07, 6.45) is 3.04. The molecule has 0 aliphatic rings. The van der Waals surface area contributed by atoms with Gasteiger partial charge in [0.25, 0.3) is 0 Å². The molecule has 0 saturated heterocycles. The Hall–Kier alpha value is -4.18. The van der Waals surface area contributed by atoms with Crippen molar-refractivity contribution >= 4 is 34.6 Å². The molecule has 0 bridgehead atoms. The summed E-state index contributed by atoms with van der Waals surface area (Å²) in [6, 6.07) is 12.8. The van der Waals surface area contributed by atoms with Crippen molar-refractivity contribution < 1.29 is 24.3 Å². The van der Waals surface area contributed by atoms with Gasteiger partial charge in [0.1, 0.15) is 18.1 Å². The maximum Gasteiger partial charge on any atom is 0.326 e. The van der Waals surface area contributed by atoms with Gasteiger partial charge in [-0.3, -0.25) is 14.4 Å². The van der Waals surface area contributed by atoms with E-state index in [2.05, 4.69) is 20.9 Å². The molecule has 3 amide bonds. The van der Waals surface area contributed by atoms with Crippen LogP contribution >= 0.6 is 0 Å². The minimum absolute atomic E-state index is 0.104. The van der Waals surface area contributed by atoms with Gasteiger partial charge in [0.2, 0.25) is 17.7 Å². The molecule has 3 rings (SSSR count). The number of carbonyl (C=O) groups excluding carboxylic acids is 3. The topological polar surface area (TPSA) is 166 Å². The van der Waals surface area contributed by atoms with Gasteiger partial charge in [0.15, 0.2) is 0 Å². The van der Waals surface area contributed by atoms with E-state index in [1.165, 1.54) is 0 Å². The Morgan fingerprint density at radius 3 is 2.07 bits per heavy atom. The highest BCUT2D eigenvalue weighted by Gasteiger charge is 2.32. The summed E-state index contributed by atoms with van der Waals surface area (Å²) in [5, 5.41) is 18.9. The van der Waals surface area contributed by atoms with Crippen molar-refractivity contribution in [1.82, 2.24) is 20.9 Å². The van der Waals surface area contributed by atoms with E-state index in [4.69, 9.17) is 5.73 Å². The Kier molecular flexibility index (Phi) is 11.7. The molecule has 0 aliphatic heterocycles. The molecule has 5 atom stereocenters. The number of carboxylic acids is 1. The first-order valence-electron chi connectivity index (χ1n) is 14.5. The molecule has 2 aromatic carbocycles. The third-order valence-corrected chi connectivity index (χ3v) is 7.49. The summed E-state index contributed by atoms with van der Waals surface area (Å²) in [5.74, 6) is -2.95. The van der Waals surface area contributed by atoms with Crippen molar-refractivity contribution in [3.05, 3.63) is 71.9 Å². The fraction of sp³-hybridized carbons (Fsp3) is 0.438. The van der Waals surface area contributed by atoms with Gasteiger partial charge in [-0.25, -0.2) is 4.79 Å². The van der Waals surface area contributed by atoms with E-state index in [9.17, 15) is 24.3 Å². The third-order valence-electron chi connectivity index (χ3n) is 7.49. The van der Waals surface area contributed by atoms with Crippen molar-refractivity contribution in [3.8, 4) is 0 Å². The van der Waals surface area contributed by atoms with Crippen molar-refractivity contribution in [2.45, 2.75) is 77.5 Å².